The van der Waals surface area contributed by atoms with E-state index in [0.29, 0.717) is 11.6 Å². The van der Waals surface area contributed by atoms with Crippen molar-refractivity contribution in [3.05, 3.63) is 11.9 Å². The Kier molecular flexibility index (Phi) is 5.53. The van der Waals surface area contributed by atoms with E-state index in [4.69, 9.17) is 5.73 Å². The molecule has 6 heteroatoms. The number of nitrogens with two attached hydrogens (primary N) is 1. The van der Waals surface area contributed by atoms with Crippen LogP contribution in [-0.4, -0.2) is 32.2 Å². The molecule has 0 aliphatic carbocycles. The summed E-state index contributed by atoms with van der Waals surface area (Å²) >= 11 is 0. The van der Waals surface area contributed by atoms with Crippen LogP contribution in [0.4, 0.5) is 11.6 Å². The topological polar surface area (TPSA) is 80.9 Å². The smallest absolute Gasteiger partial charge is 0.135 e. The van der Waals surface area contributed by atoms with Crippen LogP contribution in [0.25, 0.3) is 0 Å². The summed E-state index contributed by atoms with van der Waals surface area (Å²) in [6, 6.07) is 1.94. The van der Waals surface area contributed by atoms with Gasteiger partial charge in [-0.1, -0.05) is 13.8 Å². The molecular weight excluding hydrogens is 248 g/mol. The molecule has 0 aliphatic heterocycles. The summed E-state index contributed by atoms with van der Waals surface area (Å²) < 4.78 is 11.0. The predicted molar refractivity (Wildman–Crippen MR) is 77.2 cm³/mol. The van der Waals surface area contributed by atoms with E-state index >= 15 is 0 Å². The van der Waals surface area contributed by atoms with Gasteiger partial charge in [-0.2, -0.15) is 0 Å². The van der Waals surface area contributed by atoms with Crippen LogP contribution in [0.3, 0.4) is 0 Å². The van der Waals surface area contributed by atoms with Gasteiger partial charge < -0.3 is 11.1 Å². The zero-order valence-corrected chi connectivity index (χ0v) is 12.3. The van der Waals surface area contributed by atoms with Crippen LogP contribution in [-0.2, 0) is 10.8 Å². The lowest BCUT2D eigenvalue weighted by Gasteiger charge is -2.15. The zero-order valence-electron chi connectivity index (χ0n) is 11.4. The fourth-order valence-corrected chi connectivity index (χ4v) is 2.17. The highest BCUT2D eigenvalue weighted by Gasteiger charge is 2.09. The van der Waals surface area contributed by atoms with Gasteiger partial charge in [0.1, 0.15) is 17.5 Å². The van der Waals surface area contributed by atoms with E-state index in [9.17, 15) is 4.21 Å². The minimum Gasteiger partial charge on any atom is -0.384 e. The van der Waals surface area contributed by atoms with Crippen molar-refractivity contribution < 1.29 is 4.21 Å². The van der Waals surface area contributed by atoms with Gasteiger partial charge in [-0.25, -0.2) is 9.97 Å². The van der Waals surface area contributed by atoms with Gasteiger partial charge in [0.2, 0.25) is 0 Å². The monoisotopic (exact) mass is 270 g/mol. The highest BCUT2D eigenvalue weighted by atomic mass is 32.2. The van der Waals surface area contributed by atoms with Gasteiger partial charge in [0.15, 0.2) is 0 Å². The Labute approximate surface area is 111 Å². The molecule has 0 aliphatic rings. The van der Waals surface area contributed by atoms with E-state index in [1.807, 2.05) is 20.8 Å². The molecule has 2 unspecified atom stereocenters. The molecule has 5 nitrogen and oxygen atoms in total. The first-order valence-corrected chi connectivity index (χ1v) is 7.82. The standard InChI is InChI=1S/C12H22N4OS/c1-8(2)12-15-10(13)7-11(16-12)14-9(3)5-6-18(4)17/h7-9H,5-6H2,1-4H3,(H3,13,14,15,16). The summed E-state index contributed by atoms with van der Waals surface area (Å²) in [5.74, 6) is 2.88. The van der Waals surface area contributed by atoms with E-state index in [2.05, 4.69) is 15.3 Å². The zero-order chi connectivity index (χ0) is 13.7. The first-order chi connectivity index (χ1) is 8.38. The Morgan fingerprint density at radius 3 is 2.61 bits per heavy atom. The first-order valence-electron chi connectivity index (χ1n) is 6.09. The number of nitrogens with one attached hydrogen (secondary N) is 1. The second kappa shape index (κ2) is 6.68. The quantitative estimate of drug-likeness (QED) is 0.823. The Bertz CT molecular complexity index is 423. The van der Waals surface area contributed by atoms with Crippen LogP contribution in [0, 0.1) is 0 Å². The van der Waals surface area contributed by atoms with E-state index in [-0.39, 0.29) is 12.0 Å². The van der Waals surface area contributed by atoms with Crippen molar-refractivity contribution in [2.45, 2.75) is 39.2 Å². The van der Waals surface area contributed by atoms with Crippen LogP contribution in [0.2, 0.25) is 0 Å². The minimum atomic E-state index is -0.758. The molecule has 0 saturated heterocycles. The van der Waals surface area contributed by atoms with Crippen molar-refractivity contribution in [2.75, 3.05) is 23.1 Å². The number of anilines is 2. The molecule has 0 fully saturated rings. The van der Waals surface area contributed by atoms with Crippen LogP contribution in [0.5, 0.6) is 0 Å². The molecule has 1 aromatic heterocycles. The summed E-state index contributed by atoms with van der Waals surface area (Å²) in [6.07, 6.45) is 2.55. The van der Waals surface area contributed by atoms with Gasteiger partial charge >= 0.3 is 0 Å². The van der Waals surface area contributed by atoms with Crippen LogP contribution in [0.15, 0.2) is 6.07 Å². The van der Waals surface area contributed by atoms with Crippen molar-refractivity contribution in [1.82, 2.24) is 9.97 Å². The van der Waals surface area contributed by atoms with E-state index < -0.39 is 10.8 Å². The van der Waals surface area contributed by atoms with Gasteiger partial charge in [0.05, 0.1) is 0 Å². The molecule has 3 N–H and O–H groups in total. The molecule has 2 atom stereocenters. The molecule has 0 spiro atoms. The van der Waals surface area contributed by atoms with Crippen LogP contribution in [0.1, 0.15) is 38.9 Å². The van der Waals surface area contributed by atoms with Gasteiger partial charge in [-0.15, -0.1) is 0 Å². The van der Waals surface area contributed by atoms with Crippen molar-refractivity contribution in [3.63, 3.8) is 0 Å². The lowest BCUT2D eigenvalue weighted by Crippen LogP contribution is -2.19. The summed E-state index contributed by atoms with van der Waals surface area (Å²) in [5.41, 5.74) is 5.76. The normalized spacial score (nSPS) is 14.5. The molecule has 0 aromatic carbocycles. The predicted octanol–water partition coefficient (Wildman–Crippen LogP) is 1.75. The molecule has 0 saturated carbocycles. The molecule has 1 aromatic rings. The minimum absolute atomic E-state index is 0.211. The molecular formula is C12H22N4OS. The highest BCUT2D eigenvalue weighted by Crippen LogP contribution is 2.16. The Morgan fingerprint density at radius 1 is 1.39 bits per heavy atom. The number of nitrogen functional groups attached to an aromatic ring is 1. The fourth-order valence-electron chi connectivity index (χ4n) is 1.48. The molecule has 18 heavy (non-hydrogen) atoms. The van der Waals surface area contributed by atoms with Crippen molar-refractivity contribution in [3.8, 4) is 0 Å². The number of aromatic nitrogens is 2. The number of nitrogens with zero attached hydrogens (tertiary/aromatic N) is 2. The average Bonchev–Trinajstić information content (AvgIpc) is 2.25. The molecule has 0 radical (unpaired) electrons. The largest absolute Gasteiger partial charge is 0.384 e. The SMILES string of the molecule is CC(CCS(C)=O)Nc1cc(N)nc(C(C)C)n1. The number of hydrogen-bond acceptors (Lipinski definition) is 5. The van der Waals surface area contributed by atoms with E-state index in [1.165, 1.54) is 0 Å². The molecule has 1 heterocycles. The number of rotatable bonds is 6. The fraction of sp³-hybridized carbons (Fsp3) is 0.667. The lowest BCUT2D eigenvalue weighted by atomic mass is 10.2. The maximum absolute atomic E-state index is 11.0. The van der Waals surface area contributed by atoms with Crippen molar-refractivity contribution in [1.29, 1.82) is 0 Å². The van der Waals surface area contributed by atoms with Crippen molar-refractivity contribution >= 4 is 22.4 Å². The Morgan fingerprint density at radius 2 is 2.06 bits per heavy atom. The molecule has 102 valence electrons. The van der Waals surface area contributed by atoms with Gasteiger partial charge in [0.25, 0.3) is 0 Å². The third-order valence-corrected chi connectivity index (χ3v) is 3.32. The van der Waals surface area contributed by atoms with Crippen LogP contribution < -0.4 is 11.1 Å². The first kappa shape index (κ1) is 14.9. The van der Waals surface area contributed by atoms with Crippen molar-refractivity contribution in [2.24, 2.45) is 0 Å². The molecule has 1 rings (SSSR count). The maximum atomic E-state index is 11.0. The third-order valence-electron chi connectivity index (χ3n) is 2.51. The number of hydrogen-bond donors (Lipinski definition) is 2. The molecule has 0 amide bonds. The highest BCUT2D eigenvalue weighted by molar-refractivity contribution is 7.84. The second-order valence-corrected chi connectivity index (χ2v) is 6.36. The lowest BCUT2D eigenvalue weighted by molar-refractivity contribution is 0.678. The van der Waals surface area contributed by atoms with Gasteiger partial charge in [-0.05, 0) is 13.3 Å². The Balaban J connectivity index is 2.69. The van der Waals surface area contributed by atoms with E-state index in [1.54, 1.807) is 12.3 Å². The summed E-state index contributed by atoms with van der Waals surface area (Å²) in [7, 11) is -0.758. The Hall–Kier alpha value is -1.17. The summed E-state index contributed by atoms with van der Waals surface area (Å²) in [5, 5.41) is 3.27. The van der Waals surface area contributed by atoms with Crippen LogP contribution >= 0.6 is 0 Å². The van der Waals surface area contributed by atoms with Gasteiger partial charge in [-0.3, -0.25) is 4.21 Å². The summed E-state index contributed by atoms with van der Waals surface area (Å²) in [4.78, 5) is 8.61. The maximum Gasteiger partial charge on any atom is 0.135 e. The summed E-state index contributed by atoms with van der Waals surface area (Å²) in [6.45, 7) is 6.10. The van der Waals surface area contributed by atoms with Gasteiger partial charge in [0, 0.05) is 40.8 Å². The van der Waals surface area contributed by atoms with E-state index in [0.717, 1.165) is 18.1 Å². The molecule has 0 bridgehead atoms. The third kappa shape index (κ3) is 5.00. The second-order valence-electron chi connectivity index (χ2n) is 4.80. The average molecular weight is 270 g/mol.